The number of benzene rings is 1. The molecule has 8 nitrogen and oxygen atoms in total. The van der Waals surface area contributed by atoms with Gasteiger partial charge < -0.3 is 18.4 Å². The van der Waals surface area contributed by atoms with E-state index in [-0.39, 0.29) is 0 Å². The van der Waals surface area contributed by atoms with Crippen LogP contribution in [0.15, 0.2) is 38.4 Å². The van der Waals surface area contributed by atoms with E-state index in [1.807, 2.05) is 24.3 Å². The van der Waals surface area contributed by atoms with Gasteiger partial charge in [-0.3, -0.25) is 0 Å². The summed E-state index contributed by atoms with van der Waals surface area (Å²) in [5.74, 6) is 3.99. The van der Waals surface area contributed by atoms with E-state index in [1.165, 1.54) is 11.8 Å². The first-order valence-corrected chi connectivity index (χ1v) is 9.32. The predicted octanol–water partition coefficient (Wildman–Crippen LogP) is 3.46. The summed E-state index contributed by atoms with van der Waals surface area (Å²) in [5.41, 5.74) is 0. The number of aromatic nitrogens is 4. The van der Waals surface area contributed by atoms with Crippen LogP contribution in [0.3, 0.4) is 0 Å². The second-order valence-corrected chi connectivity index (χ2v) is 7.19. The summed E-state index contributed by atoms with van der Waals surface area (Å²) < 4.78 is 22.4. The molecule has 0 radical (unpaired) electrons. The molecule has 3 aromatic rings. The number of ether oxygens (including phenoxy) is 2. The molecule has 9 heteroatoms. The molecule has 0 amide bonds. The number of para-hydroxylation sites is 2. The Labute approximate surface area is 154 Å². The van der Waals surface area contributed by atoms with E-state index in [1.54, 1.807) is 0 Å². The van der Waals surface area contributed by atoms with Gasteiger partial charge in [-0.1, -0.05) is 42.9 Å². The van der Waals surface area contributed by atoms with Crippen molar-refractivity contribution < 1.29 is 18.4 Å². The third-order valence-corrected chi connectivity index (χ3v) is 4.44. The molecule has 1 aliphatic heterocycles. The van der Waals surface area contributed by atoms with Crippen LogP contribution in [-0.2, 0) is 12.2 Å². The van der Waals surface area contributed by atoms with Crippen LogP contribution in [0.2, 0.25) is 0 Å². The molecule has 1 atom stereocenters. The Morgan fingerprint density at radius 3 is 2.88 bits per heavy atom. The van der Waals surface area contributed by atoms with Crippen molar-refractivity contribution in [2.75, 3.05) is 6.61 Å². The molecule has 136 valence electrons. The Hall–Kier alpha value is -2.55. The number of fused-ring (bicyclic) bond motifs is 1. The fourth-order valence-corrected chi connectivity index (χ4v) is 3.07. The van der Waals surface area contributed by atoms with Gasteiger partial charge in [0.2, 0.25) is 12.0 Å². The molecule has 0 saturated heterocycles. The SMILES string of the molecule is CC(C)Cc1nc(CSc2nnc(C3COc4ccccc4O3)o2)no1. The summed E-state index contributed by atoms with van der Waals surface area (Å²) in [7, 11) is 0. The van der Waals surface area contributed by atoms with Crippen LogP contribution < -0.4 is 9.47 Å². The van der Waals surface area contributed by atoms with Gasteiger partial charge in [-0.05, 0) is 18.1 Å². The normalized spacial score (nSPS) is 16.2. The van der Waals surface area contributed by atoms with Gasteiger partial charge in [0.05, 0.1) is 5.75 Å². The number of thioether (sulfide) groups is 1. The number of hydrogen-bond acceptors (Lipinski definition) is 9. The summed E-state index contributed by atoms with van der Waals surface area (Å²) in [6.45, 7) is 4.54. The molecule has 0 bridgehead atoms. The van der Waals surface area contributed by atoms with Gasteiger partial charge in [-0.25, -0.2) is 0 Å². The molecule has 1 unspecified atom stereocenters. The van der Waals surface area contributed by atoms with Crippen molar-refractivity contribution in [1.82, 2.24) is 20.3 Å². The third-order valence-electron chi connectivity index (χ3n) is 3.62. The van der Waals surface area contributed by atoms with E-state index >= 15 is 0 Å². The van der Waals surface area contributed by atoms with Crippen molar-refractivity contribution >= 4 is 11.8 Å². The quantitative estimate of drug-likeness (QED) is 0.601. The molecule has 0 aliphatic carbocycles. The van der Waals surface area contributed by atoms with Crippen LogP contribution >= 0.6 is 11.8 Å². The first-order valence-electron chi connectivity index (χ1n) is 8.33. The van der Waals surface area contributed by atoms with Crippen LogP contribution in [-0.4, -0.2) is 26.9 Å². The van der Waals surface area contributed by atoms with Crippen LogP contribution in [0.1, 0.15) is 37.6 Å². The van der Waals surface area contributed by atoms with Gasteiger partial charge in [0, 0.05) is 6.42 Å². The minimum atomic E-state index is -0.422. The van der Waals surface area contributed by atoms with Gasteiger partial charge in [0.15, 0.2) is 17.3 Å². The fraction of sp³-hybridized carbons (Fsp3) is 0.412. The van der Waals surface area contributed by atoms with Crippen LogP contribution in [0.4, 0.5) is 0 Å². The molecule has 1 aromatic carbocycles. The van der Waals surface area contributed by atoms with Gasteiger partial charge in [0.1, 0.15) is 6.61 Å². The molecule has 0 fully saturated rings. The molecule has 1 aliphatic rings. The maximum Gasteiger partial charge on any atom is 0.277 e. The average Bonchev–Trinajstić information content (AvgIpc) is 3.28. The minimum Gasteiger partial charge on any atom is -0.485 e. The highest BCUT2D eigenvalue weighted by Crippen LogP contribution is 2.36. The van der Waals surface area contributed by atoms with E-state index in [9.17, 15) is 0 Å². The average molecular weight is 374 g/mol. The smallest absolute Gasteiger partial charge is 0.277 e. The second-order valence-electron chi connectivity index (χ2n) is 6.26. The van der Waals surface area contributed by atoms with Crippen molar-refractivity contribution in [3.63, 3.8) is 0 Å². The van der Waals surface area contributed by atoms with Gasteiger partial charge in [-0.2, -0.15) is 4.98 Å². The van der Waals surface area contributed by atoms with Crippen LogP contribution in [0.5, 0.6) is 11.5 Å². The molecule has 3 heterocycles. The lowest BCUT2D eigenvalue weighted by Crippen LogP contribution is -2.21. The van der Waals surface area contributed by atoms with E-state index in [4.69, 9.17) is 18.4 Å². The molecule has 4 rings (SSSR count). The lowest BCUT2D eigenvalue weighted by atomic mass is 10.1. The van der Waals surface area contributed by atoms with E-state index in [0.717, 1.165) is 6.42 Å². The molecular formula is C17H18N4O4S. The molecule has 26 heavy (non-hydrogen) atoms. The number of rotatable bonds is 6. The third kappa shape index (κ3) is 3.82. The monoisotopic (exact) mass is 374 g/mol. The Morgan fingerprint density at radius 2 is 2.04 bits per heavy atom. The summed E-state index contributed by atoms with van der Waals surface area (Å²) in [6, 6.07) is 7.49. The van der Waals surface area contributed by atoms with Crippen molar-refractivity contribution in [2.45, 2.75) is 37.3 Å². The molecule has 0 N–H and O–H groups in total. The standard InChI is InChI=1S/C17H18N4O4S/c1-10(2)7-15-18-14(21-25-15)9-26-17-20-19-16(24-17)13-8-22-11-5-3-4-6-12(11)23-13/h3-6,10,13H,7-9H2,1-2H3. The highest BCUT2D eigenvalue weighted by Gasteiger charge is 2.27. The Balaban J connectivity index is 1.36. The van der Waals surface area contributed by atoms with Gasteiger partial charge in [-0.15, -0.1) is 10.2 Å². The highest BCUT2D eigenvalue weighted by molar-refractivity contribution is 7.98. The molecular weight excluding hydrogens is 356 g/mol. The molecule has 0 saturated carbocycles. The highest BCUT2D eigenvalue weighted by atomic mass is 32.2. The lowest BCUT2D eigenvalue weighted by Gasteiger charge is -2.23. The van der Waals surface area contributed by atoms with Gasteiger partial charge >= 0.3 is 0 Å². The maximum atomic E-state index is 5.86. The number of hydrogen-bond donors (Lipinski definition) is 0. The zero-order valence-electron chi connectivity index (χ0n) is 14.4. The maximum absolute atomic E-state index is 5.86. The molecule has 2 aromatic heterocycles. The van der Waals surface area contributed by atoms with E-state index in [2.05, 4.69) is 34.2 Å². The van der Waals surface area contributed by atoms with Crippen molar-refractivity contribution in [3.05, 3.63) is 41.9 Å². The zero-order chi connectivity index (χ0) is 17.9. The molecule has 0 spiro atoms. The summed E-state index contributed by atoms with van der Waals surface area (Å²) in [4.78, 5) is 4.35. The lowest BCUT2D eigenvalue weighted by molar-refractivity contribution is 0.0686. The Kier molecular flexibility index (Phi) is 4.79. The Morgan fingerprint density at radius 1 is 1.19 bits per heavy atom. The largest absolute Gasteiger partial charge is 0.485 e. The van der Waals surface area contributed by atoms with Gasteiger partial charge in [0.25, 0.3) is 11.1 Å². The van der Waals surface area contributed by atoms with Crippen LogP contribution in [0.25, 0.3) is 0 Å². The first kappa shape index (κ1) is 16.9. The van der Waals surface area contributed by atoms with Crippen molar-refractivity contribution in [1.29, 1.82) is 0 Å². The Bertz CT molecular complexity index is 879. The zero-order valence-corrected chi connectivity index (χ0v) is 15.2. The first-order chi connectivity index (χ1) is 12.7. The topological polar surface area (TPSA) is 96.3 Å². The number of nitrogens with zero attached hydrogens (tertiary/aromatic N) is 4. The fourth-order valence-electron chi connectivity index (χ4n) is 2.46. The van der Waals surface area contributed by atoms with Crippen LogP contribution in [0, 0.1) is 5.92 Å². The summed E-state index contributed by atoms with van der Waals surface area (Å²) in [5, 5.41) is 12.5. The summed E-state index contributed by atoms with van der Waals surface area (Å²) in [6.07, 6.45) is 0.345. The van der Waals surface area contributed by atoms with E-state index < -0.39 is 6.10 Å². The predicted molar refractivity (Wildman–Crippen MR) is 92.0 cm³/mol. The van der Waals surface area contributed by atoms with E-state index in [0.29, 0.717) is 52.6 Å². The summed E-state index contributed by atoms with van der Waals surface area (Å²) >= 11 is 1.35. The minimum absolute atomic E-state index is 0.326. The van der Waals surface area contributed by atoms with Crippen molar-refractivity contribution in [2.24, 2.45) is 5.92 Å². The second kappa shape index (κ2) is 7.36. The van der Waals surface area contributed by atoms with Crippen molar-refractivity contribution in [3.8, 4) is 11.5 Å².